The van der Waals surface area contributed by atoms with Gasteiger partial charge < -0.3 is 10.8 Å². The Morgan fingerprint density at radius 1 is 1.45 bits per heavy atom. The monoisotopic (exact) mass is 169 g/mol. The van der Waals surface area contributed by atoms with E-state index in [0.717, 1.165) is 0 Å². The zero-order chi connectivity index (χ0) is 8.70. The van der Waals surface area contributed by atoms with Gasteiger partial charge in [0.1, 0.15) is 0 Å². The average Bonchev–Trinajstić information content (AvgIpc) is 2.10. The Morgan fingerprint density at radius 3 is 2.18 bits per heavy atom. The minimum absolute atomic E-state index is 0.246. The van der Waals surface area contributed by atoms with Crippen LogP contribution in [-0.2, 0) is 0 Å². The largest absolute Gasteiger partial charge is 0.417 e. The Bertz CT molecular complexity index is 158. The maximum absolute atomic E-state index is 12.0. The Balaban J connectivity index is 2.69. The van der Waals surface area contributed by atoms with Gasteiger partial charge in [0, 0.05) is 12.5 Å². The molecule has 2 atom stereocenters. The molecule has 1 saturated carbocycles. The van der Waals surface area contributed by atoms with Crippen molar-refractivity contribution in [1.29, 1.82) is 0 Å². The zero-order valence-electron chi connectivity index (χ0n) is 5.86. The molecule has 3 N–H and O–H groups in total. The molecule has 0 spiro atoms. The van der Waals surface area contributed by atoms with Crippen LogP contribution in [0.1, 0.15) is 19.3 Å². The molecule has 0 aromatic rings. The molecule has 0 saturated heterocycles. The lowest BCUT2D eigenvalue weighted by molar-refractivity contribution is -0.257. The van der Waals surface area contributed by atoms with Gasteiger partial charge in [-0.3, -0.25) is 0 Å². The maximum Gasteiger partial charge on any atom is 0.417 e. The first kappa shape index (κ1) is 8.80. The normalized spacial score (nSPS) is 39.5. The topological polar surface area (TPSA) is 46.2 Å². The highest BCUT2D eigenvalue weighted by atomic mass is 19.4. The molecule has 66 valence electrons. The van der Waals surface area contributed by atoms with Crippen molar-refractivity contribution < 1.29 is 18.3 Å². The van der Waals surface area contributed by atoms with E-state index in [-0.39, 0.29) is 19.3 Å². The summed E-state index contributed by atoms with van der Waals surface area (Å²) in [6.07, 6.45) is -4.91. The van der Waals surface area contributed by atoms with Gasteiger partial charge in [0.25, 0.3) is 0 Å². The van der Waals surface area contributed by atoms with Crippen LogP contribution >= 0.6 is 0 Å². The van der Waals surface area contributed by atoms with Crippen LogP contribution in [0.15, 0.2) is 0 Å². The fraction of sp³-hybridized carbons (Fsp3) is 1.00. The summed E-state index contributed by atoms with van der Waals surface area (Å²) in [5, 5.41) is 8.99. The molecule has 1 aliphatic carbocycles. The third kappa shape index (κ3) is 1.49. The highest BCUT2D eigenvalue weighted by molar-refractivity contribution is 4.96. The molecule has 11 heavy (non-hydrogen) atoms. The van der Waals surface area contributed by atoms with Crippen molar-refractivity contribution in [3.63, 3.8) is 0 Å². The SMILES string of the molecule is N[C@@H]1CC[C@](O)(C(F)(F)F)C1. The van der Waals surface area contributed by atoms with Gasteiger partial charge in [0.05, 0.1) is 0 Å². The van der Waals surface area contributed by atoms with Crippen LogP contribution < -0.4 is 5.73 Å². The second kappa shape index (κ2) is 2.35. The number of halogens is 3. The van der Waals surface area contributed by atoms with Crippen LogP contribution in [0, 0.1) is 0 Å². The summed E-state index contributed by atoms with van der Waals surface area (Å²) in [5.41, 5.74) is 2.73. The molecule has 0 radical (unpaired) electrons. The molecular weight excluding hydrogens is 159 g/mol. The van der Waals surface area contributed by atoms with Crippen LogP contribution in [0.3, 0.4) is 0 Å². The van der Waals surface area contributed by atoms with Crippen LogP contribution in [0.5, 0.6) is 0 Å². The van der Waals surface area contributed by atoms with Crippen molar-refractivity contribution in [2.45, 2.75) is 37.1 Å². The van der Waals surface area contributed by atoms with Crippen molar-refractivity contribution in [1.82, 2.24) is 0 Å². The van der Waals surface area contributed by atoms with E-state index in [1.165, 1.54) is 0 Å². The van der Waals surface area contributed by atoms with E-state index < -0.39 is 17.8 Å². The van der Waals surface area contributed by atoms with E-state index in [1.807, 2.05) is 0 Å². The van der Waals surface area contributed by atoms with Crippen molar-refractivity contribution in [2.24, 2.45) is 5.73 Å². The van der Waals surface area contributed by atoms with E-state index in [4.69, 9.17) is 10.8 Å². The van der Waals surface area contributed by atoms with Crippen LogP contribution in [-0.4, -0.2) is 22.9 Å². The van der Waals surface area contributed by atoms with E-state index in [0.29, 0.717) is 0 Å². The van der Waals surface area contributed by atoms with Gasteiger partial charge >= 0.3 is 6.18 Å². The molecule has 0 aromatic heterocycles. The highest BCUT2D eigenvalue weighted by Gasteiger charge is 2.56. The molecule has 1 rings (SSSR count). The summed E-state index contributed by atoms with van der Waals surface area (Å²) >= 11 is 0. The Kier molecular flexibility index (Phi) is 1.88. The van der Waals surface area contributed by atoms with Crippen LogP contribution in [0.25, 0.3) is 0 Å². The van der Waals surface area contributed by atoms with E-state index in [9.17, 15) is 13.2 Å². The summed E-state index contributed by atoms with van der Waals surface area (Å²) in [7, 11) is 0. The summed E-state index contributed by atoms with van der Waals surface area (Å²) < 4.78 is 36.0. The summed E-state index contributed by atoms with van der Waals surface area (Å²) in [6, 6.07) is -0.512. The number of alkyl halides is 3. The van der Waals surface area contributed by atoms with Crippen molar-refractivity contribution in [2.75, 3.05) is 0 Å². The number of rotatable bonds is 0. The molecule has 1 fully saturated rings. The van der Waals surface area contributed by atoms with Crippen molar-refractivity contribution in [3.8, 4) is 0 Å². The van der Waals surface area contributed by atoms with Gasteiger partial charge in [0.2, 0.25) is 0 Å². The molecule has 5 heteroatoms. The van der Waals surface area contributed by atoms with E-state index >= 15 is 0 Å². The molecule has 0 bridgehead atoms. The highest BCUT2D eigenvalue weighted by Crippen LogP contribution is 2.42. The number of aliphatic hydroxyl groups is 1. The molecule has 0 amide bonds. The Labute approximate surface area is 62.2 Å². The van der Waals surface area contributed by atoms with E-state index in [2.05, 4.69) is 0 Å². The lowest BCUT2D eigenvalue weighted by atomic mass is 10.0. The fourth-order valence-corrected chi connectivity index (χ4v) is 1.32. The first-order chi connectivity index (χ1) is 4.85. The predicted octanol–water partition coefficient (Wildman–Crippen LogP) is 0.791. The minimum Gasteiger partial charge on any atom is -0.380 e. The molecule has 0 aliphatic heterocycles. The quantitative estimate of drug-likeness (QED) is 0.563. The average molecular weight is 169 g/mol. The number of nitrogens with two attached hydrogens (primary N) is 1. The second-order valence-corrected chi connectivity index (χ2v) is 3.03. The van der Waals surface area contributed by atoms with Gasteiger partial charge in [-0.25, -0.2) is 0 Å². The van der Waals surface area contributed by atoms with Crippen molar-refractivity contribution in [3.05, 3.63) is 0 Å². The van der Waals surface area contributed by atoms with Crippen LogP contribution in [0.2, 0.25) is 0 Å². The Morgan fingerprint density at radius 2 is 2.00 bits per heavy atom. The lowest BCUT2D eigenvalue weighted by Crippen LogP contribution is -2.43. The van der Waals surface area contributed by atoms with Gasteiger partial charge in [-0.05, 0) is 12.8 Å². The number of hydrogen-bond acceptors (Lipinski definition) is 2. The predicted molar refractivity (Wildman–Crippen MR) is 32.8 cm³/mol. The molecule has 0 unspecified atom stereocenters. The summed E-state index contributed by atoms with van der Waals surface area (Å²) in [4.78, 5) is 0. The summed E-state index contributed by atoms with van der Waals surface area (Å²) in [6.45, 7) is 0. The van der Waals surface area contributed by atoms with Gasteiger partial charge in [-0.1, -0.05) is 0 Å². The van der Waals surface area contributed by atoms with Gasteiger partial charge in [-0.15, -0.1) is 0 Å². The first-order valence-corrected chi connectivity index (χ1v) is 3.40. The van der Waals surface area contributed by atoms with Crippen LogP contribution in [0.4, 0.5) is 13.2 Å². The molecule has 0 heterocycles. The first-order valence-electron chi connectivity index (χ1n) is 3.40. The maximum atomic E-state index is 12.0. The molecule has 1 aliphatic rings. The molecule has 2 nitrogen and oxygen atoms in total. The van der Waals surface area contributed by atoms with Crippen molar-refractivity contribution >= 4 is 0 Å². The molecule has 0 aromatic carbocycles. The smallest absolute Gasteiger partial charge is 0.380 e. The molecular formula is C6H10F3NO. The minimum atomic E-state index is -4.53. The summed E-state index contributed by atoms with van der Waals surface area (Å²) in [5.74, 6) is 0. The van der Waals surface area contributed by atoms with Gasteiger partial charge in [0.15, 0.2) is 5.60 Å². The number of hydrogen-bond donors (Lipinski definition) is 2. The second-order valence-electron chi connectivity index (χ2n) is 3.03. The Hall–Kier alpha value is -0.290. The van der Waals surface area contributed by atoms with Gasteiger partial charge in [-0.2, -0.15) is 13.2 Å². The zero-order valence-corrected chi connectivity index (χ0v) is 5.86. The standard InChI is InChI=1S/C6H10F3NO/c7-6(8,9)5(11)2-1-4(10)3-5/h4,11H,1-3,10H2/t4-,5-/m1/s1. The fourth-order valence-electron chi connectivity index (χ4n) is 1.32. The van der Waals surface area contributed by atoms with E-state index in [1.54, 1.807) is 0 Å². The third-order valence-electron chi connectivity index (χ3n) is 2.06. The lowest BCUT2D eigenvalue weighted by Gasteiger charge is -2.25. The third-order valence-corrected chi connectivity index (χ3v) is 2.06.